The van der Waals surface area contributed by atoms with E-state index < -0.39 is 59.2 Å². The van der Waals surface area contributed by atoms with Gasteiger partial charge in [-0.15, -0.1) is 0 Å². The average Bonchev–Trinajstić information content (AvgIpc) is 3.54. The van der Waals surface area contributed by atoms with Crippen LogP contribution >= 0.6 is 0 Å². The first kappa shape index (κ1) is 20.9. The summed E-state index contributed by atoms with van der Waals surface area (Å²) in [4.78, 5) is 50.9. The van der Waals surface area contributed by atoms with Gasteiger partial charge in [0.05, 0.1) is 23.9 Å². The van der Waals surface area contributed by atoms with Crippen molar-refractivity contribution in [2.45, 2.75) is 57.4 Å². The van der Waals surface area contributed by atoms with Gasteiger partial charge in [-0.1, -0.05) is 5.18 Å². The molecule has 1 saturated carbocycles. The Hall–Kier alpha value is -2.95. The number of rotatable bonds is 3. The first-order valence-electron chi connectivity index (χ1n) is 10.6. The van der Waals surface area contributed by atoms with Crippen LogP contribution in [-0.4, -0.2) is 42.6 Å². The number of anilines is 1. The topological polar surface area (TPSA) is 117 Å². The number of carbonyl (C=O) groups excluding carboxylic acids is 3. The zero-order chi connectivity index (χ0) is 22.9. The summed E-state index contributed by atoms with van der Waals surface area (Å²) < 4.78 is 36.5. The van der Waals surface area contributed by atoms with Crippen molar-refractivity contribution >= 4 is 23.5 Å². The number of halogens is 2. The summed E-state index contributed by atoms with van der Waals surface area (Å²) in [6.45, 7) is 3.51. The molecule has 3 fully saturated rings. The van der Waals surface area contributed by atoms with Crippen molar-refractivity contribution in [3.05, 3.63) is 33.7 Å². The highest BCUT2D eigenvalue weighted by molar-refractivity contribution is 6.20. The number of amides is 4. The third-order valence-electron chi connectivity index (χ3n) is 7.00. The number of imide groups is 2. The molecule has 1 unspecified atom stereocenters. The number of carbonyl (C=O) groups is 3. The molecule has 0 radical (unpaired) electrons. The second kappa shape index (κ2) is 7.03. The summed E-state index contributed by atoms with van der Waals surface area (Å²) >= 11 is 0. The van der Waals surface area contributed by atoms with E-state index in [-0.39, 0.29) is 35.7 Å². The molecule has 2 N–H and O–H groups in total. The summed E-state index contributed by atoms with van der Waals surface area (Å²) in [7, 11) is 0. The number of nitroso groups, excluding NO2 is 1. The normalized spacial score (nSPS) is 29.7. The molecule has 4 aliphatic rings. The van der Waals surface area contributed by atoms with Gasteiger partial charge in [-0.05, 0) is 44.2 Å². The fourth-order valence-electron chi connectivity index (χ4n) is 5.58. The summed E-state index contributed by atoms with van der Waals surface area (Å²) in [6, 6.07) is -1.60. The molecule has 1 aromatic carbocycles. The second-order valence-corrected chi connectivity index (χ2v) is 9.12. The number of urea groups is 1. The monoisotopic (exact) mass is 448 g/mol. The number of nitrogens with one attached hydrogen (secondary N) is 2. The van der Waals surface area contributed by atoms with Gasteiger partial charge >= 0.3 is 6.03 Å². The van der Waals surface area contributed by atoms with Gasteiger partial charge in [0.2, 0.25) is 11.8 Å². The minimum absolute atomic E-state index is 0.0539. The zero-order valence-corrected chi connectivity index (χ0v) is 17.5. The van der Waals surface area contributed by atoms with Crippen LogP contribution in [0.4, 0.5) is 19.3 Å². The maximum Gasteiger partial charge on any atom is 0.328 e. The Morgan fingerprint density at radius 2 is 1.81 bits per heavy atom. The van der Waals surface area contributed by atoms with Crippen molar-refractivity contribution in [3.8, 4) is 0 Å². The first-order valence-corrected chi connectivity index (χ1v) is 10.6. The molecule has 0 aromatic heterocycles. The smallest absolute Gasteiger partial charge is 0.328 e. The first-order chi connectivity index (χ1) is 15.2. The highest BCUT2D eigenvalue weighted by Gasteiger charge is 2.63. The summed E-state index contributed by atoms with van der Waals surface area (Å²) in [5.41, 5.74) is -1.81. The van der Waals surface area contributed by atoms with Crippen molar-refractivity contribution in [2.24, 2.45) is 16.5 Å². The number of benzene rings is 1. The number of hydrogen-bond donors (Lipinski definition) is 2. The van der Waals surface area contributed by atoms with Gasteiger partial charge in [-0.2, -0.15) is 4.91 Å². The number of morpholine rings is 1. The van der Waals surface area contributed by atoms with Crippen LogP contribution in [0.15, 0.2) is 11.2 Å². The van der Waals surface area contributed by atoms with Crippen molar-refractivity contribution in [1.82, 2.24) is 10.6 Å². The van der Waals surface area contributed by atoms with Crippen LogP contribution < -0.4 is 15.5 Å². The van der Waals surface area contributed by atoms with E-state index >= 15 is 8.78 Å². The van der Waals surface area contributed by atoms with E-state index in [1.54, 1.807) is 13.8 Å². The number of nitrogens with zero attached hydrogens (tertiary/aromatic N) is 2. The van der Waals surface area contributed by atoms with Gasteiger partial charge in [-0.25, -0.2) is 13.6 Å². The van der Waals surface area contributed by atoms with Crippen LogP contribution in [0, 0.1) is 27.9 Å². The lowest BCUT2D eigenvalue weighted by Gasteiger charge is -2.55. The highest BCUT2D eigenvalue weighted by atomic mass is 19.2. The molecule has 1 aliphatic carbocycles. The molecular weight excluding hydrogens is 426 g/mol. The van der Waals surface area contributed by atoms with E-state index in [9.17, 15) is 19.3 Å². The van der Waals surface area contributed by atoms with E-state index in [4.69, 9.17) is 4.74 Å². The quantitative estimate of drug-likeness (QED) is 0.540. The van der Waals surface area contributed by atoms with E-state index in [0.29, 0.717) is 12.8 Å². The van der Waals surface area contributed by atoms with Crippen LogP contribution in [-0.2, 0) is 20.7 Å². The van der Waals surface area contributed by atoms with Crippen molar-refractivity contribution < 1.29 is 27.9 Å². The fourth-order valence-corrected chi connectivity index (χ4v) is 5.58. The molecule has 32 heavy (non-hydrogen) atoms. The maximum atomic E-state index is 15.5. The molecule has 11 heteroatoms. The molecule has 2 saturated heterocycles. The Kier molecular flexibility index (Phi) is 4.59. The molecule has 4 atom stereocenters. The number of hydrogen-bond acceptors (Lipinski definition) is 7. The lowest BCUT2D eigenvalue weighted by molar-refractivity contribution is -0.153. The Labute approximate surface area is 181 Å². The summed E-state index contributed by atoms with van der Waals surface area (Å²) in [5.74, 6) is -4.09. The molecule has 1 aromatic rings. The second-order valence-electron chi connectivity index (χ2n) is 9.12. The van der Waals surface area contributed by atoms with Crippen LogP contribution in [0.3, 0.4) is 0 Å². The number of ether oxygens (including phenoxy) is 1. The Morgan fingerprint density at radius 1 is 1.16 bits per heavy atom. The average molecular weight is 448 g/mol. The molecular formula is C21H22F2N4O5. The SMILES string of the molecule is C[C@@H]1CN2c3c(cc(C(N=O)C4CC4)c(F)c3F)CC3(C(=O)NC(=O)NC3=O)[C@H]2[C@H](C)O1. The molecule has 170 valence electrons. The van der Waals surface area contributed by atoms with Gasteiger partial charge in [-0.3, -0.25) is 20.2 Å². The molecule has 9 nitrogen and oxygen atoms in total. The predicted octanol–water partition coefficient (Wildman–Crippen LogP) is 2.07. The van der Waals surface area contributed by atoms with Crippen molar-refractivity contribution in [1.29, 1.82) is 0 Å². The Morgan fingerprint density at radius 3 is 2.41 bits per heavy atom. The molecule has 5 rings (SSSR count). The van der Waals surface area contributed by atoms with E-state index in [0.717, 1.165) is 0 Å². The molecule has 1 spiro atoms. The van der Waals surface area contributed by atoms with E-state index in [1.165, 1.54) is 11.0 Å². The van der Waals surface area contributed by atoms with Gasteiger partial charge in [0.25, 0.3) is 0 Å². The highest BCUT2D eigenvalue weighted by Crippen LogP contribution is 2.51. The third-order valence-corrected chi connectivity index (χ3v) is 7.00. The van der Waals surface area contributed by atoms with Gasteiger partial charge < -0.3 is 9.64 Å². The van der Waals surface area contributed by atoms with Gasteiger partial charge in [0.1, 0.15) is 6.04 Å². The lowest BCUT2D eigenvalue weighted by atomic mass is 9.66. The number of fused-ring (bicyclic) bond motifs is 4. The van der Waals surface area contributed by atoms with Crippen LogP contribution in [0.2, 0.25) is 0 Å². The summed E-state index contributed by atoms with van der Waals surface area (Å²) in [5, 5.41) is 7.31. The van der Waals surface area contributed by atoms with Gasteiger partial charge in [0.15, 0.2) is 17.0 Å². The summed E-state index contributed by atoms with van der Waals surface area (Å²) in [6.07, 6.45) is 0.00254. The van der Waals surface area contributed by atoms with E-state index in [1.807, 2.05) is 0 Å². The molecule has 3 heterocycles. The minimum atomic E-state index is -1.80. The minimum Gasteiger partial charge on any atom is -0.372 e. The standard InChI is InChI=1S/C21H22F2N4O5/c1-8-7-27-16-11(5-12(13(22)14(16)23)15(26-31)10-3-4-10)6-21(17(27)9(2)32-8)18(28)24-20(30)25-19(21)29/h5,8-10,15,17H,3-4,6-7H2,1-2H3,(H2,24,25,28,29,30)/t8-,9+,15?,17-/m1/s1. The lowest BCUT2D eigenvalue weighted by Crippen LogP contribution is -2.75. The fraction of sp³-hybridized carbons (Fsp3) is 0.571. The third kappa shape index (κ3) is 2.79. The largest absolute Gasteiger partial charge is 0.372 e. The van der Waals surface area contributed by atoms with Crippen molar-refractivity contribution in [3.63, 3.8) is 0 Å². The van der Waals surface area contributed by atoms with Crippen LogP contribution in [0.5, 0.6) is 0 Å². The van der Waals surface area contributed by atoms with Gasteiger partial charge in [0, 0.05) is 18.5 Å². The predicted molar refractivity (Wildman–Crippen MR) is 107 cm³/mol. The zero-order valence-electron chi connectivity index (χ0n) is 17.5. The molecule has 4 amide bonds. The van der Waals surface area contributed by atoms with Crippen molar-refractivity contribution in [2.75, 3.05) is 11.4 Å². The van der Waals surface area contributed by atoms with Crippen LogP contribution in [0.25, 0.3) is 0 Å². The maximum absolute atomic E-state index is 15.5. The molecule has 0 bridgehead atoms. The van der Waals surface area contributed by atoms with Crippen LogP contribution in [0.1, 0.15) is 43.9 Å². The Bertz CT molecular complexity index is 1040. The number of barbiturate groups is 1. The molecule has 3 aliphatic heterocycles. The Balaban J connectivity index is 1.73. The van der Waals surface area contributed by atoms with E-state index in [2.05, 4.69) is 15.8 Å².